The summed E-state index contributed by atoms with van der Waals surface area (Å²) in [4.78, 5) is 3.70. The van der Waals surface area contributed by atoms with Crippen molar-refractivity contribution >= 4 is 28.6 Å². The van der Waals surface area contributed by atoms with Crippen LogP contribution in [0.15, 0.2) is 35.7 Å². The first-order valence-corrected chi connectivity index (χ1v) is 8.73. The molecule has 1 N–H and O–H groups in total. The van der Waals surface area contributed by atoms with Gasteiger partial charge in [-0.1, -0.05) is 23.7 Å². The Balaban J connectivity index is 1.57. The summed E-state index contributed by atoms with van der Waals surface area (Å²) in [7, 11) is 2.13. The summed E-state index contributed by atoms with van der Waals surface area (Å²) in [5, 5.41) is 6.51. The zero-order chi connectivity index (χ0) is 14.7. The maximum Gasteiger partial charge on any atom is 0.0471 e. The summed E-state index contributed by atoms with van der Waals surface area (Å²) >= 11 is 8.23. The highest BCUT2D eigenvalue weighted by Gasteiger charge is 2.20. The van der Waals surface area contributed by atoms with Gasteiger partial charge < -0.3 is 10.2 Å². The van der Waals surface area contributed by atoms with Gasteiger partial charge in [0.25, 0.3) is 0 Å². The van der Waals surface area contributed by atoms with Crippen molar-refractivity contribution in [2.45, 2.75) is 31.8 Å². The third kappa shape index (κ3) is 4.22. The first-order valence-electron chi connectivity index (χ1n) is 7.48. The Morgan fingerprint density at radius 3 is 2.86 bits per heavy atom. The Labute approximate surface area is 135 Å². The molecule has 4 heteroatoms. The third-order valence-electron chi connectivity index (χ3n) is 3.91. The number of thiophene rings is 1. The largest absolute Gasteiger partial charge is 0.374 e. The van der Waals surface area contributed by atoms with Crippen LogP contribution in [0.3, 0.4) is 0 Å². The molecule has 0 bridgehead atoms. The van der Waals surface area contributed by atoms with Crippen LogP contribution in [0.25, 0.3) is 0 Å². The van der Waals surface area contributed by atoms with Crippen LogP contribution in [0.5, 0.6) is 0 Å². The predicted molar refractivity (Wildman–Crippen MR) is 92.6 cm³/mol. The van der Waals surface area contributed by atoms with Crippen molar-refractivity contribution < 1.29 is 0 Å². The van der Waals surface area contributed by atoms with Crippen molar-refractivity contribution in [1.82, 2.24) is 5.32 Å². The number of nitrogens with zero attached hydrogens (tertiary/aromatic N) is 1. The molecule has 0 unspecified atom stereocenters. The molecule has 1 aromatic carbocycles. The number of likely N-dealkylation sites (N-methyl/N-ethyl adjacent to an activating group) is 1. The molecule has 0 radical (unpaired) electrons. The monoisotopic (exact) mass is 320 g/mol. The average molecular weight is 321 g/mol. The molecule has 0 spiro atoms. The quantitative estimate of drug-likeness (QED) is 0.816. The van der Waals surface area contributed by atoms with E-state index in [4.69, 9.17) is 11.6 Å². The smallest absolute Gasteiger partial charge is 0.0471 e. The van der Waals surface area contributed by atoms with E-state index in [0.717, 1.165) is 24.5 Å². The summed E-state index contributed by atoms with van der Waals surface area (Å²) in [6.45, 7) is 1.89. The van der Waals surface area contributed by atoms with E-state index in [1.165, 1.54) is 29.0 Å². The zero-order valence-electron chi connectivity index (χ0n) is 12.3. The summed E-state index contributed by atoms with van der Waals surface area (Å²) < 4.78 is 0. The molecule has 2 nitrogen and oxygen atoms in total. The van der Waals surface area contributed by atoms with Crippen LogP contribution in [0.2, 0.25) is 5.02 Å². The number of benzene rings is 1. The van der Waals surface area contributed by atoms with Gasteiger partial charge in [-0.15, -0.1) is 11.3 Å². The molecule has 112 valence electrons. The Bertz CT molecular complexity index is 578. The molecule has 2 aromatic rings. The first kappa shape index (κ1) is 14.9. The van der Waals surface area contributed by atoms with Gasteiger partial charge in [0.05, 0.1) is 0 Å². The summed E-state index contributed by atoms with van der Waals surface area (Å²) in [5.41, 5.74) is 2.38. The van der Waals surface area contributed by atoms with Crippen molar-refractivity contribution in [1.29, 1.82) is 0 Å². The predicted octanol–water partition coefficient (Wildman–Crippen LogP) is 4.33. The molecule has 1 saturated carbocycles. The van der Waals surface area contributed by atoms with Gasteiger partial charge in [0.2, 0.25) is 0 Å². The maximum absolute atomic E-state index is 6.41. The topological polar surface area (TPSA) is 15.3 Å². The average Bonchev–Trinajstić information content (AvgIpc) is 3.17. The second-order valence-electron chi connectivity index (χ2n) is 5.68. The van der Waals surface area contributed by atoms with Crippen LogP contribution in [0.1, 0.15) is 23.3 Å². The lowest BCUT2D eigenvalue weighted by Gasteiger charge is -2.20. The number of halogens is 1. The van der Waals surface area contributed by atoms with Gasteiger partial charge in [0.15, 0.2) is 0 Å². The number of anilines is 1. The van der Waals surface area contributed by atoms with Crippen molar-refractivity contribution in [3.8, 4) is 0 Å². The molecular formula is C17H21ClN2S. The van der Waals surface area contributed by atoms with Gasteiger partial charge in [-0.3, -0.25) is 0 Å². The number of nitrogens with one attached hydrogen (secondary N) is 1. The van der Waals surface area contributed by atoms with Gasteiger partial charge >= 0.3 is 0 Å². The van der Waals surface area contributed by atoms with E-state index in [-0.39, 0.29) is 0 Å². The molecule has 1 aromatic heterocycles. The second-order valence-corrected chi connectivity index (χ2v) is 7.12. The van der Waals surface area contributed by atoms with Crippen LogP contribution >= 0.6 is 22.9 Å². The van der Waals surface area contributed by atoms with Gasteiger partial charge in [-0.05, 0) is 48.4 Å². The maximum atomic E-state index is 6.41. The van der Waals surface area contributed by atoms with Gasteiger partial charge in [0.1, 0.15) is 0 Å². The molecule has 0 amide bonds. The van der Waals surface area contributed by atoms with Crippen LogP contribution < -0.4 is 10.2 Å². The fourth-order valence-corrected chi connectivity index (χ4v) is 3.26. The van der Waals surface area contributed by atoms with Crippen LogP contribution in [-0.2, 0) is 13.0 Å². The van der Waals surface area contributed by atoms with Gasteiger partial charge in [0, 0.05) is 41.8 Å². The van der Waals surface area contributed by atoms with E-state index < -0.39 is 0 Å². The fraction of sp³-hybridized carbons (Fsp3) is 0.412. The van der Waals surface area contributed by atoms with Crippen molar-refractivity contribution in [3.63, 3.8) is 0 Å². The Kier molecular flexibility index (Phi) is 4.84. The van der Waals surface area contributed by atoms with E-state index in [2.05, 4.69) is 53.0 Å². The van der Waals surface area contributed by atoms with E-state index >= 15 is 0 Å². The fourth-order valence-electron chi connectivity index (χ4n) is 2.32. The van der Waals surface area contributed by atoms with E-state index in [1.54, 1.807) is 0 Å². The molecule has 21 heavy (non-hydrogen) atoms. The number of hydrogen-bond acceptors (Lipinski definition) is 3. The molecular weight excluding hydrogens is 300 g/mol. The molecule has 3 rings (SSSR count). The van der Waals surface area contributed by atoms with Crippen molar-refractivity contribution in [3.05, 3.63) is 51.2 Å². The standard InChI is InChI=1S/C17H21ClN2S/c1-20(9-8-16-3-2-10-21-16)15-7-4-13(17(18)11-15)12-19-14-5-6-14/h2-4,7,10-11,14,19H,5-6,8-9,12H2,1H3. The van der Waals surface area contributed by atoms with Crippen LogP contribution in [-0.4, -0.2) is 19.6 Å². The number of rotatable bonds is 7. The summed E-state index contributed by atoms with van der Waals surface area (Å²) in [6.07, 6.45) is 3.69. The lowest BCUT2D eigenvalue weighted by molar-refractivity contribution is 0.688. The van der Waals surface area contributed by atoms with E-state index in [9.17, 15) is 0 Å². The minimum absolute atomic E-state index is 0.717. The Morgan fingerprint density at radius 1 is 1.33 bits per heavy atom. The van der Waals surface area contributed by atoms with Crippen LogP contribution in [0.4, 0.5) is 5.69 Å². The molecule has 1 heterocycles. The number of hydrogen-bond donors (Lipinski definition) is 1. The lowest BCUT2D eigenvalue weighted by Crippen LogP contribution is -2.20. The van der Waals surface area contributed by atoms with Crippen molar-refractivity contribution in [2.75, 3.05) is 18.5 Å². The highest BCUT2D eigenvalue weighted by molar-refractivity contribution is 7.09. The summed E-state index contributed by atoms with van der Waals surface area (Å²) in [6, 6.07) is 11.4. The SMILES string of the molecule is CN(CCc1cccs1)c1ccc(CNC2CC2)c(Cl)c1. The molecule has 1 fully saturated rings. The van der Waals surface area contributed by atoms with Gasteiger partial charge in [-0.2, -0.15) is 0 Å². The van der Waals surface area contributed by atoms with E-state index in [1.807, 2.05) is 11.3 Å². The molecule has 1 aliphatic rings. The van der Waals surface area contributed by atoms with Crippen molar-refractivity contribution in [2.24, 2.45) is 0 Å². The third-order valence-corrected chi connectivity index (χ3v) is 5.20. The molecule has 0 aliphatic heterocycles. The normalized spacial score (nSPS) is 14.4. The minimum Gasteiger partial charge on any atom is -0.374 e. The minimum atomic E-state index is 0.717. The highest BCUT2D eigenvalue weighted by Crippen LogP contribution is 2.25. The lowest BCUT2D eigenvalue weighted by atomic mass is 10.2. The summed E-state index contributed by atoms with van der Waals surface area (Å²) in [5.74, 6) is 0. The second kappa shape index (κ2) is 6.82. The molecule has 1 aliphatic carbocycles. The van der Waals surface area contributed by atoms with E-state index in [0.29, 0.717) is 6.04 Å². The Morgan fingerprint density at radius 2 is 2.19 bits per heavy atom. The first-order chi connectivity index (χ1) is 10.2. The zero-order valence-corrected chi connectivity index (χ0v) is 13.9. The van der Waals surface area contributed by atoms with Crippen LogP contribution in [0, 0.1) is 0 Å². The van der Waals surface area contributed by atoms with Gasteiger partial charge in [-0.25, -0.2) is 0 Å². The molecule has 0 saturated heterocycles. The highest BCUT2D eigenvalue weighted by atomic mass is 35.5. The Hall–Kier alpha value is -1.03. The molecule has 0 atom stereocenters.